The molecule has 1 atom stereocenters. The average Bonchev–Trinajstić information content (AvgIpc) is 2.46. The number of aliphatic hydroxyl groups excluding tert-OH is 1. The first-order chi connectivity index (χ1) is 10.0. The van der Waals surface area contributed by atoms with Crippen LogP contribution in [0.25, 0.3) is 0 Å². The fourth-order valence-corrected chi connectivity index (χ4v) is 2.07. The second-order valence-corrected chi connectivity index (χ2v) is 4.92. The van der Waals surface area contributed by atoms with Crippen molar-refractivity contribution in [1.29, 1.82) is 5.26 Å². The van der Waals surface area contributed by atoms with Crippen molar-refractivity contribution in [3.63, 3.8) is 0 Å². The highest BCUT2D eigenvalue weighted by Gasteiger charge is 2.11. The van der Waals surface area contributed by atoms with E-state index < -0.39 is 11.9 Å². The Hall–Kier alpha value is -2.38. The highest BCUT2D eigenvalue weighted by molar-refractivity contribution is 5.40. The molecule has 0 saturated carbocycles. The van der Waals surface area contributed by atoms with Crippen molar-refractivity contribution in [3.8, 4) is 11.8 Å². The number of ether oxygens (including phenoxy) is 1. The van der Waals surface area contributed by atoms with Crippen LogP contribution in [0, 0.1) is 24.1 Å². The number of rotatable bonds is 4. The summed E-state index contributed by atoms with van der Waals surface area (Å²) in [5, 5.41) is 18.8. The lowest BCUT2D eigenvalue weighted by Gasteiger charge is -2.15. The molecule has 0 aliphatic carbocycles. The normalized spacial score (nSPS) is 11.8. The van der Waals surface area contributed by atoms with Crippen molar-refractivity contribution >= 4 is 0 Å². The zero-order valence-electron chi connectivity index (χ0n) is 11.9. The molecule has 0 amide bonds. The molecule has 1 unspecified atom stereocenters. The van der Waals surface area contributed by atoms with Gasteiger partial charge < -0.3 is 9.84 Å². The van der Waals surface area contributed by atoms with Gasteiger partial charge in [0.2, 0.25) is 0 Å². The molecular formula is C17H16FNO2. The first-order valence-electron chi connectivity index (χ1n) is 6.61. The van der Waals surface area contributed by atoms with Gasteiger partial charge in [-0.2, -0.15) is 5.26 Å². The lowest BCUT2D eigenvalue weighted by Crippen LogP contribution is -2.03. The number of aliphatic hydroxyl groups is 1. The maximum absolute atomic E-state index is 13.3. The smallest absolute Gasteiger partial charge is 0.125 e. The summed E-state index contributed by atoms with van der Waals surface area (Å²) in [5.41, 5.74) is 2.54. The number of nitrogens with zero attached hydrogens (tertiary/aromatic N) is 1. The number of hydrogen-bond acceptors (Lipinski definition) is 3. The number of hydrogen-bond donors (Lipinski definition) is 1. The van der Waals surface area contributed by atoms with Crippen LogP contribution in [0.15, 0.2) is 36.4 Å². The Bertz CT molecular complexity index is 690. The zero-order valence-corrected chi connectivity index (χ0v) is 11.9. The summed E-state index contributed by atoms with van der Waals surface area (Å²) in [7, 11) is 0. The minimum Gasteiger partial charge on any atom is -0.488 e. The Morgan fingerprint density at radius 1 is 1.29 bits per heavy atom. The van der Waals surface area contributed by atoms with Crippen molar-refractivity contribution in [2.45, 2.75) is 26.6 Å². The Morgan fingerprint density at radius 2 is 2.05 bits per heavy atom. The quantitative estimate of drug-likeness (QED) is 0.933. The summed E-state index contributed by atoms with van der Waals surface area (Å²) >= 11 is 0. The maximum atomic E-state index is 13.3. The van der Waals surface area contributed by atoms with Crippen LogP contribution in [0.4, 0.5) is 4.39 Å². The van der Waals surface area contributed by atoms with E-state index in [1.165, 1.54) is 18.2 Å². The molecule has 0 aliphatic heterocycles. The molecule has 0 spiro atoms. The van der Waals surface area contributed by atoms with Crippen LogP contribution in [-0.4, -0.2) is 5.11 Å². The summed E-state index contributed by atoms with van der Waals surface area (Å²) < 4.78 is 18.9. The van der Waals surface area contributed by atoms with Gasteiger partial charge in [0, 0.05) is 11.1 Å². The predicted molar refractivity (Wildman–Crippen MR) is 77.3 cm³/mol. The van der Waals surface area contributed by atoms with Crippen LogP contribution in [0.2, 0.25) is 0 Å². The van der Waals surface area contributed by atoms with E-state index >= 15 is 0 Å². The minimum atomic E-state index is -0.664. The van der Waals surface area contributed by atoms with Gasteiger partial charge in [-0.05, 0) is 44.2 Å². The van der Waals surface area contributed by atoms with Crippen LogP contribution < -0.4 is 4.74 Å². The van der Waals surface area contributed by atoms with E-state index in [1.807, 2.05) is 25.1 Å². The van der Waals surface area contributed by atoms with E-state index in [0.29, 0.717) is 22.4 Å². The monoisotopic (exact) mass is 285 g/mol. The van der Waals surface area contributed by atoms with E-state index in [2.05, 4.69) is 0 Å². The van der Waals surface area contributed by atoms with Crippen LogP contribution in [-0.2, 0) is 6.61 Å². The maximum Gasteiger partial charge on any atom is 0.125 e. The molecule has 0 aliphatic rings. The summed E-state index contributed by atoms with van der Waals surface area (Å²) in [6.45, 7) is 3.66. The first-order valence-corrected chi connectivity index (χ1v) is 6.61. The number of aryl methyl sites for hydroxylation is 1. The van der Waals surface area contributed by atoms with E-state index in [1.54, 1.807) is 13.0 Å². The lowest BCUT2D eigenvalue weighted by atomic mass is 10.1. The second kappa shape index (κ2) is 6.38. The number of halogens is 1. The third kappa shape index (κ3) is 3.59. The molecule has 2 rings (SSSR count). The molecular weight excluding hydrogens is 269 g/mol. The SMILES string of the molecule is Cc1ccc(OCc2cc(F)ccc2C#N)c(C(C)O)c1. The van der Waals surface area contributed by atoms with Crippen molar-refractivity contribution in [3.05, 3.63) is 64.5 Å². The molecule has 2 aromatic rings. The Kier molecular flexibility index (Phi) is 4.56. The summed E-state index contributed by atoms with van der Waals surface area (Å²) in [6, 6.07) is 11.5. The highest BCUT2D eigenvalue weighted by atomic mass is 19.1. The molecule has 108 valence electrons. The van der Waals surface area contributed by atoms with Gasteiger partial charge in [-0.15, -0.1) is 0 Å². The van der Waals surface area contributed by atoms with Crippen LogP contribution in [0.3, 0.4) is 0 Å². The Balaban J connectivity index is 2.25. The van der Waals surface area contributed by atoms with Crippen LogP contribution in [0.5, 0.6) is 5.75 Å². The first kappa shape index (κ1) is 15.0. The van der Waals surface area contributed by atoms with Crippen molar-refractivity contribution in [2.75, 3.05) is 0 Å². The van der Waals surface area contributed by atoms with Crippen molar-refractivity contribution in [2.24, 2.45) is 0 Å². The van der Waals surface area contributed by atoms with Gasteiger partial charge in [-0.25, -0.2) is 4.39 Å². The molecule has 1 N–H and O–H groups in total. The fraction of sp³-hybridized carbons (Fsp3) is 0.235. The van der Waals surface area contributed by atoms with Gasteiger partial charge in [0.05, 0.1) is 17.7 Å². The van der Waals surface area contributed by atoms with Gasteiger partial charge in [-0.1, -0.05) is 11.6 Å². The summed E-state index contributed by atoms with van der Waals surface area (Å²) in [4.78, 5) is 0. The van der Waals surface area contributed by atoms with Crippen molar-refractivity contribution < 1.29 is 14.2 Å². The van der Waals surface area contributed by atoms with Gasteiger partial charge in [0.15, 0.2) is 0 Å². The molecule has 0 saturated heterocycles. The summed E-state index contributed by atoms with van der Waals surface area (Å²) in [6.07, 6.45) is -0.664. The fourth-order valence-electron chi connectivity index (χ4n) is 2.07. The van der Waals surface area contributed by atoms with Gasteiger partial charge >= 0.3 is 0 Å². The van der Waals surface area contributed by atoms with Crippen LogP contribution in [0.1, 0.15) is 35.3 Å². The largest absolute Gasteiger partial charge is 0.488 e. The predicted octanol–water partition coefficient (Wildman–Crippen LogP) is 3.64. The molecule has 3 nitrogen and oxygen atoms in total. The lowest BCUT2D eigenvalue weighted by molar-refractivity contribution is 0.190. The van der Waals surface area contributed by atoms with Gasteiger partial charge in [-0.3, -0.25) is 0 Å². The number of benzene rings is 2. The molecule has 0 heterocycles. The minimum absolute atomic E-state index is 0.0729. The highest BCUT2D eigenvalue weighted by Crippen LogP contribution is 2.27. The standard InChI is InChI=1S/C17H16FNO2/c1-11-3-6-17(16(7-11)12(2)20)21-10-14-8-15(18)5-4-13(14)9-19/h3-8,12,20H,10H2,1-2H3. The van der Waals surface area contributed by atoms with E-state index in [4.69, 9.17) is 10.00 Å². The third-order valence-corrected chi connectivity index (χ3v) is 3.19. The Morgan fingerprint density at radius 3 is 2.71 bits per heavy atom. The van der Waals surface area contributed by atoms with Crippen LogP contribution >= 0.6 is 0 Å². The molecule has 0 fully saturated rings. The van der Waals surface area contributed by atoms with Gasteiger partial charge in [0.25, 0.3) is 0 Å². The third-order valence-electron chi connectivity index (χ3n) is 3.19. The van der Waals surface area contributed by atoms with E-state index in [9.17, 15) is 9.50 Å². The summed E-state index contributed by atoms with van der Waals surface area (Å²) in [5.74, 6) is 0.121. The average molecular weight is 285 g/mol. The van der Waals surface area contributed by atoms with Crippen molar-refractivity contribution in [1.82, 2.24) is 0 Å². The van der Waals surface area contributed by atoms with E-state index in [-0.39, 0.29) is 6.61 Å². The zero-order chi connectivity index (χ0) is 15.4. The second-order valence-electron chi connectivity index (χ2n) is 4.92. The molecule has 0 radical (unpaired) electrons. The van der Waals surface area contributed by atoms with Gasteiger partial charge in [0.1, 0.15) is 18.2 Å². The molecule has 21 heavy (non-hydrogen) atoms. The molecule has 2 aromatic carbocycles. The topological polar surface area (TPSA) is 53.2 Å². The van der Waals surface area contributed by atoms with E-state index in [0.717, 1.165) is 5.56 Å². The Labute approximate surface area is 123 Å². The molecule has 4 heteroatoms. The molecule has 0 bridgehead atoms. The number of nitriles is 1. The molecule has 0 aromatic heterocycles.